The van der Waals surface area contributed by atoms with Crippen molar-refractivity contribution >= 4 is 34.3 Å². The second kappa shape index (κ2) is 12.0. The summed E-state index contributed by atoms with van der Waals surface area (Å²) in [5.41, 5.74) is 15.2. The van der Waals surface area contributed by atoms with Gasteiger partial charge in [0.25, 0.3) is 0 Å². The van der Waals surface area contributed by atoms with Crippen LogP contribution in [0.1, 0.15) is 11.1 Å². The summed E-state index contributed by atoms with van der Waals surface area (Å²) >= 11 is 0. The summed E-state index contributed by atoms with van der Waals surface area (Å²) in [6, 6.07) is 50.2. The van der Waals surface area contributed by atoms with Gasteiger partial charge in [0.05, 0.1) is 0 Å². The Morgan fingerprint density at radius 1 is 0.489 bits per heavy atom. The molecule has 226 valence electrons. The van der Waals surface area contributed by atoms with E-state index in [0.717, 1.165) is 22.6 Å². The molecule has 0 aliphatic rings. The Balaban J connectivity index is 1.16. The van der Waals surface area contributed by atoms with Gasteiger partial charge >= 0.3 is 0 Å². The molecule has 8 rings (SSSR count). The minimum absolute atomic E-state index is 1.10. The third-order valence-corrected chi connectivity index (χ3v) is 8.92. The second-order valence-electron chi connectivity index (χ2n) is 12.0. The van der Waals surface area contributed by atoms with Gasteiger partial charge in [-0.05, 0) is 113 Å². The van der Waals surface area contributed by atoms with Crippen molar-refractivity contribution in [2.24, 2.45) is 4.99 Å². The Morgan fingerprint density at radius 3 is 1.36 bits per heavy atom. The Bertz CT molecular complexity index is 2170. The second-order valence-corrected chi connectivity index (χ2v) is 12.0. The number of hydrogen-bond donors (Lipinski definition) is 0. The van der Waals surface area contributed by atoms with Gasteiger partial charge in [-0.3, -0.25) is 4.99 Å². The third kappa shape index (κ3) is 5.51. The van der Waals surface area contributed by atoms with Crippen LogP contribution in [0.3, 0.4) is 0 Å². The van der Waals surface area contributed by atoms with Crippen LogP contribution in [0.15, 0.2) is 169 Å². The van der Waals surface area contributed by atoms with Crippen LogP contribution in [0.25, 0.3) is 44.4 Å². The number of anilines is 3. The Kier molecular flexibility index (Phi) is 7.23. The summed E-state index contributed by atoms with van der Waals surface area (Å²) in [5.74, 6) is 0. The molecule has 0 amide bonds. The van der Waals surface area contributed by atoms with Gasteiger partial charge < -0.3 is 13.7 Å². The number of aliphatic imine (C=N–C) groups is 1. The summed E-state index contributed by atoms with van der Waals surface area (Å²) in [5, 5.41) is 0. The Labute approximate surface area is 275 Å². The van der Waals surface area contributed by atoms with Gasteiger partial charge in [-0.25, -0.2) is 0 Å². The molecular weight excluding hydrogens is 573 g/mol. The molecule has 4 aromatic heterocycles. The standard InChI is InChI=1S/C43H34N4/c1-31-25-35(9-10-36(31)28-44-2)32-11-17-39(18-12-32)47(40-19-13-33(14-20-40)37-26-42-7-3-5-23-45(42)29-37)41-21-15-34(16-22-41)38-27-43-8-4-6-24-46(43)30-38/h3-30H,1-2H3. The first kappa shape index (κ1) is 28.4. The monoisotopic (exact) mass is 606 g/mol. The molecule has 0 saturated carbocycles. The minimum Gasteiger partial charge on any atom is -0.323 e. The highest BCUT2D eigenvalue weighted by molar-refractivity contribution is 5.84. The quantitative estimate of drug-likeness (QED) is 0.166. The predicted octanol–water partition coefficient (Wildman–Crippen LogP) is 11.0. The zero-order chi connectivity index (χ0) is 31.7. The highest BCUT2D eigenvalue weighted by Crippen LogP contribution is 2.38. The van der Waals surface area contributed by atoms with E-state index in [1.54, 1.807) is 0 Å². The molecule has 0 atom stereocenters. The first-order valence-corrected chi connectivity index (χ1v) is 15.9. The van der Waals surface area contributed by atoms with Gasteiger partial charge in [0, 0.05) is 77.3 Å². The molecule has 0 saturated heterocycles. The molecule has 0 radical (unpaired) electrons. The largest absolute Gasteiger partial charge is 0.323 e. The lowest BCUT2D eigenvalue weighted by Crippen LogP contribution is -2.09. The smallest absolute Gasteiger partial charge is 0.0462 e. The Morgan fingerprint density at radius 2 is 0.936 bits per heavy atom. The fourth-order valence-electron chi connectivity index (χ4n) is 6.42. The minimum atomic E-state index is 1.10. The molecule has 47 heavy (non-hydrogen) atoms. The molecule has 0 unspecified atom stereocenters. The summed E-state index contributed by atoms with van der Waals surface area (Å²) in [6.45, 7) is 2.14. The van der Waals surface area contributed by atoms with Gasteiger partial charge in [-0.15, -0.1) is 0 Å². The molecular formula is C43H34N4. The SMILES string of the molecule is CN=Cc1ccc(-c2ccc(N(c3ccc(-c4cc5ccccn5c4)cc3)c3ccc(-c4cc5ccccn5c4)cc3)cc2)cc1C. The maximum Gasteiger partial charge on any atom is 0.0462 e. The van der Waals surface area contributed by atoms with E-state index in [9.17, 15) is 0 Å². The van der Waals surface area contributed by atoms with E-state index in [1.165, 1.54) is 50.0 Å². The number of fused-ring (bicyclic) bond motifs is 2. The first-order chi connectivity index (χ1) is 23.1. The fraction of sp³-hybridized carbons (Fsp3) is 0.0465. The lowest BCUT2D eigenvalue weighted by atomic mass is 9.99. The number of aryl methyl sites for hydroxylation is 1. The number of hydrogen-bond acceptors (Lipinski definition) is 2. The van der Waals surface area contributed by atoms with Crippen LogP contribution in [0.4, 0.5) is 17.1 Å². The lowest BCUT2D eigenvalue weighted by molar-refractivity contribution is 1.20. The van der Waals surface area contributed by atoms with Gasteiger partial charge in [0.2, 0.25) is 0 Å². The summed E-state index contributed by atoms with van der Waals surface area (Å²) < 4.78 is 4.33. The van der Waals surface area contributed by atoms with Crippen molar-refractivity contribution in [1.29, 1.82) is 0 Å². The number of benzene rings is 4. The van der Waals surface area contributed by atoms with E-state index >= 15 is 0 Å². The molecule has 4 heteroatoms. The molecule has 0 fully saturated rings. The molecule has 4 nitrogen and oxygen atoms in total. The maximum absolute atomic E-state index is 4.19. The number of rotatable bonds is 7. The van der Waals surface area contributed by atoms with Gasteiger partial charge in [-0.1, -0.05) is 66.7 Å². The van der Waals surface area contributed by atoms with Crippen LogP contribution in [0, 0.1) is 6.92 Å². The average Bonchev–Trinajstić information content (AvgIpc) is 3.75. The van der Waals surface area contributed by atoms with Crippen molar-refractivity contribution < 1.29 is 0 Å². The van der Waals surface area contributed by atoms with Crippen LogP contribution in [-0.4, -0.2) is 22.1 Å². The van der Waals surface area contributed by atoms with Crippen LogP contribution < -0.4 is 4.90 Å². The molecule has 4 aromatic carbocycles. The van der Waals surface area contributed by atoms with Crippen molar-refractivity contribution in [2.45, 2.75) is 6.92 Å². The Hall–Kier alpha value is -6.13. The highest BCUT2D eigenvalue weighted by Gasteiger charge is 2.15. The summed E-state index contributed by atoms with van der Waals surface area (Å²) in [7, 11) is 1.81. The average molecular weight is 607 g/mol. The fourth-order valence-corrected chi connectivity index (χ4v) is 6.42. The molecule has 0 bridgehead atoms. The maximum atomic E-state index is 4.19. The molecule has 4 heterocycles. The molecule has 0 aliphatic carbocycles. The zero-order valence-electron chi connectivity index (χ0n) is 26.5. The number of nitrogens with zero attached hydrogens (tertiary/aromatic N) is 4. The van der Waals surface area contributed by atoms with E-state index in [2.05, 4.69) is 190 Å². The van der Waals surface area contributed by atoms with Crippen LogP contribution in [0.5, 0.6) is 0 Å². The normalized spacial score (nSPS) is 11.5. The lowest BCUT2D eigenvalue weighted by Gasteiger charge is -2.26. The van der Waals surface area contributed by atoms with E-state index < -0.39 is 0 Å². The van der Waals surface area contributed by atoms with E-state index in [4.69, 9.17) is 0 Å². The molecule has 0 N–H and O–H groups in total. The highest BCUT2D eigenvalue weighted by atomic mass is 15.1. The predicted molar refractivity (Wildman–Crippen MR) is 198 cm³/mol. The van der Waals surface area contributed by atoms with Crippen molar-refractivity contribution in [3.8, 4) is 33.4 Å². The zero-order valence-corrected chi connectivity index (χ0v) is 26.5. The van der Waals surface area contributed by atoms with Gasteiger partial charge in [0.1, 0.15) is 0 Å². The van der Waals surface area contributed by atoms with Crippen LogP contribution in [0.2, 0.25) is 0 Å². The summed E-state index contributed by atoms with van der Waals surface area (Å²) in [6.07, 6.45) is 10.5. The van der Waals surface area contributed by atoms with Gasteiger partial charge in [0.15, 0.2) is 0 Å². The first-order valence-electron chi connectivity index (χ1n) is 15.9. The summed E-state index contributed by atoms with van der Waals surface area (Å²) in [4.78, 5) is 6.52. The number of pyridine rings is 2. The third-order valence-electron chi connectivity index (χ3n) is 8.92. The van der Waals surface area contributed by atoms with E-state index in [0.29, 0.717) is 0 Å². The molecule has 8 aromatic rings. The van der Waals surface area contributed by atoms with Gasteiger partial charge in [-0.2, -0.15) is 0 Å². The number of aromatic nitrogens is 2. The van der Waals surface area contributed by atoms with Crippen molar-refractivity contribution in [3.63, 3.8) is 0 Å². The molecule has 0 spiro atoms. The van der Waals surface area contributed by atoms with E-state index in [-0.39, 0.29) is 0 Å². The van der Waals surface area contributed by atoms with E-state index in [1.807, 2.05) is 13.3 Å². The van der Waals surface area contributed by atoms with Crippen LogP contribution in [-0.2, 0) is 0 Å². The van der Waals surface area contributed by atoms with Crippen molar-refractivity contribution in [2.75, 3.05) is 11.9 Å². The molecule has 0 aliphatic heterocycles. The topological polar surface area (TPSA) is 24.4 Å². The van der Waals surface area contributed by atoms with Crippen molar-refractivity contribution in [3.05, 3.63) is 175 Å². The van der Waals surface area contributed by atoms with Crippen LogP contribution >= 0.6 is 0 Å². The van der Waals surface area contributed by atoms with Crippen molar-refractivity contribution in [1.82, 2.24) is 8.80 Å².